The number of esters is 4. The van der Waals surface area contributed by atoms with Gasteiger partial charge in [0, 0.05) is 12.5 Å². The summed E-state index contributed by atoms with van der Waals surface area (Å²) in [7, 11) is 0. The maximum Gasteiger partial charge on any atom is 0.347 e. The van der Waals surface area contributed by atoms with Gasteiger partial charge in [-0.15, -0.1) is 0 Å². The number of carbonyl (C=O) groups excluding carboxylic acids is 4. The predicted octanol–water partition coefficient (Wildman–Crippen LogP) is -0.741. The first-order chi connectivity index (χ1) is 10.9. The molecule has 128 valence electrons. The average molecular weight is 330 g/mol. The highest BCUT2D eigenvalue weighted by Crippen LogP contribution is 2.11. The normalized spacial score (nSPS) is 17.8. The lowest BCUT2D eigenvalue weighted by atomic mass is 10.3. The smallest absolute Gasteiger partial charge is 0.347 e. The summed E-state index contributed by atoms with van der Waals surface area (Å²) >= 11 is 0. The van der Waals surface area contributed by atoms with E-state index in [9.17, 15) is 24.3 Å². The van der Waals surface area contributed by atoms with Gasteiger partial charge in [-0.2, -0.15) is 0 Å². The third-order valence-corrected chi connectivity index (χ3v) is 2.72. The first-order valence-corrected chi connectivity index (χ1v) is 6.91. The second kappa shape index (κ2) is 9.57. The molecule has 23 heavy (non-hydrogen) atoms. The topological polar surface area (TPSA) is 125 Å². The molecule has 1 N–H and O–H groups in total. The van der Waals surface area contributed by atoms with Gasteiger partial charge in [-0.25, -0.2) is 9.59 Å². The summed E-state index contributed by atoms with van der Waals surface area (Å²) in [5, 5.41) is 9.41. The number of aliphatic hydroxyl groups excluding tert-OH is 1. The maximum absolute atomic E-state index is 11.4. The minimum absolute atomic E-state index is 0.202. The van der Waals surface area contributed by atoms with Gasteiger partial charge in [0.2, 0.25) is 6.10 Å². The average Bonchev–Trinajstić information content (AvgIpc) is 2.93. The van der Waals surface area contributed by atoms with Crippen molar-refractivity contribution in [1.82, 2.24) is 0 Å². The van der Waals surface area contributed by atoms with Crippen molar-refractivity contribution in [2.24, 2.45) is 0 Å². The molecule has 0 aromatic carbocycles. The minimum atomic E-state index is -1.18. The molecule has 0 saturated carbocycles. The molecular formula is C14H18O9. The Morgan fingerprint density at radius 1 is 1.26 bits per heavy atom. The van der Waals surface area contributed by atoms with Crippen LogP contribution < -0.4 is 0 Å². The molecule has 2 atom stereocenters. The molecule has 0 bridgehead atoms. The molecule has 1 heterocycles. The number of aliphatic hydroxyl groups is 1. The Morgan fingerprint density at radius 2 is 1.91 bits per heavy atom. The number of hydrogen-bond acceptors (Lipinski definition) is 9. The van der Waals surface area contributed by atoms with Crippen LogP contribution in [0, 0.1) is 0 Å². The van der Waals surface area contributed by atoms with E-state index in [1.165, 1.54) is 0 Å². The van der Waals surface area contributed by atoms with Crippen LogP contribution >= 0.6 is 0 Å². The van der Waals surface area contributed by atoms with Crippen LogP contribution in [0.2, 0.25) is 0 Å². The number of hydrogen-bond donors (Lipinski definition) is 1. The zero-order chi connectivity index (χ0) is 17.2. The Labute approximate surface area is 132 Å². The van der Waals surface area contributed by atoms with E-state index in [1.54, 1.807) is 0 Å². The third kappa shape index (κ3) is 7.41. The summed E-state index contributed by atoms with van der Waals surface area (Å²) in [5.74, 6) is -2.75. The molecular weight excluding hydrogens is 312 g/mol. The monoisotopic (exact) mass is 330 g/mol. The van der Waals surface area contributed by atoms with E-state index < -0.39 is 36.1 Å². The molecule has 0 aromatic rings. The van der Waals surface area contributed by atoms with Gasteiger partial charge < -0.3 is 24.1 Å². The number of cyclic esters (lactones) is 1. The molecule has 0 amide bonds. The highest BCUT2D eigenvalue weighted by atomic mass is 16.6. The standard InChI is InChI=1S/C14H18O9/c1-2-11(16)21-7-9(15)8-22-12(17)3-4-13(18)23-10-5-6-20-14(10)19/h2,9-10,15H,1,3-8H2. The van der Waals surface area contributed by atoms with Crippen molar-refractivity contribution in [2.75, 3.05) is 19.8 Å². The van der Waals surface area contributed by atoms with Crippen LogP contribution in [0.1, 0.15) is 19.3 Å². The van der Waals surface area contributed by atoms with E-state index in [2.05, 4.69) is 16.1 Å². The fourth-order valence-corrected chi connectivity index (χ4v) is 1.55. The second-order valence-corrected chi connectivity index (χ2v) is 4.61. The SMILES string of the molecule is C=CC(=O)OCC(O)COC(=O)CCC(=O)OC1CCOC1=O. The van der Waals surface area contributed by atoms with E-state index in [1.807, 2.05) is 0 Å². The minimum Gasteiger partial charge on any atom is -0.463 e. The van der Waals surface area contributed by atoms with Gasteiger partial charge >= 0.3 is 23.9 Å². The third-order valence-electron chi connectivity index (χ3n) is 2.72. The molecule has 0 radical (unpaired) electrons. The zero-order valence-electron chi connectivity index (χ0n) is 12.4. The Kier molecular flexibility index (Phi) is 7.75. The molecule has 0 aliphatic carbocycles. The van der Waals surface area contributed by atoms with Crippen molar-refractivity contribution < 1.29 is 43.2 Å². The van der Waals surface area contributed by atoms with E-state index in [0.717, 1.165) is 6.08 Å². The Hall–Kier alpha value is -2.42. The van der Waals surface area contributed by atoms with Gasteiger partial charge in [-0.1, -0.05) is 6.58 Å². The summed E-state index contributed by atoms with van der Waals surface area (Å²) in [5.41, 5.74) is 0. The van der Waals surface area contributed by atoms with Crippen molar-refractivity contribution in [1.29, 1.82) is 0 Å². The predicted molar refractivity (Wildman–Crippen MR) is 72.8 cm³/mol. The fourth-order valence-electron chi connectivity index (χ4n) is 1.55. The van der Waals surface area contributed by atoms with Crippen molar-refractivity contribution in [3.05, 3.63) is 12.7 Å². The molecule has 2 unspecified atom stereocenters. The lowest BCUT2D eigenvalue weighted by Crippen LogP contribution is -2.26. The fraction of sp³-hybridized carbons (Fsp3) is 0.571. The van der Waals surface area contributed by atoms with Crippen LogP contribution in [0.4, 0.5) is 0 Å². The zero-order valence-corrected chi connectivity index (χ0v) is 12.4. The van der Waals surface area contributed by atoms with Crippen molar-refractivity contribution in [3.8, 4) is 0 Å². The van der Waals surface area contributed by atoms with Crippen LogP contribution in [-0.4, -0.2) is 61.0 Å². The molecule has 0 aromatic heterocycles. The molecule has 1 fully saturated rings. The van der Waals surface area contributed by atoms with Crippen LogP contribution in [-0.2, 0) is 38.1 Å². The van der Waals surface area contributed by atoms with Crippen LogP contribution in [0.25, 0.3) is 0 Å². The number of carbonyl (C=O) groups is 4. The quantitative estimate of drug-likeness (QED) is 0.330. The Morgan fingerprint density at radius 3 is 2.52 bits per heavy atom. The van der Waals surface area contributed by atoms with Gasteiger partial charge in [0.1, 0.15) is 19.3 Å². The lowest BCUT2D eigenvalue weighted by Gasteiger charge is -2.11. The second-order valence-electron chi connectivity index (χ2n) is 4.61. The van der Waals surface area contributed by atoms with Crippen molar-refractivity contribution in [3.63, 3.8) is 0 Å². The van der Waals surface area contributed by atoms with Crippen LogP contribution in [0.5, 0.6) is 0 Å². The van der Waals surface area contributed by atoms with E-state index >= 15 is 0 Å². The summed E-state index contributed by atoms with van der Waals surface area (Å²) in [4.78, 5) is 44.7. The van der Waals surface area contributed by atoms with Crippen LogP contribution in [0.3, 0.4) is 0 Å². The van der Waals surface area contributed by atoms with E-state index in [0.29, 0.717) is 6.42 Å². The lowest BCUT2D eigenvalue weighted by molar-refractivity contribution is -0.161. The van der Waals surface area contributed by atoms with Gasteiger partial charge in [0.25, 0.3) is 0 Å². The number of ether oxygens (including phenoxy) is 4. The van der Waals surface area contributed by atoms with Gasteiger partial charge in [-0.05, 0) is 0 Å². The number of rotatable bonds is 9. The van der Waals surface area contributed by atoms with Gasteiger partial charge in [0.05, 0.1) is 19.4 Å². The molecule has 9 nitrogen and oxygen atoms in total. The summed E-state index contributed by atoms with van der Waals surface area (Å²) in [6.07, 6.45) is -1.39. The first-order valence-electron chi connectivity index (χ1n) is 6.91. The van der Waals surface area contributed by atoms with Crippen molar-refractivity contribution >= 4 is 23.9 Å². The summed E-state index contributed by atoms with van der Waals surface area (Å²) < 4.78 is 18.7. The maximum atomic E-state index is 11.4. The first kappa shape index (κ1) is 18.6. The van der Waals surface area contributed by atoms with E-state index in [-0.39, 0.29) is 32.7 Å². The van der Waals surface area contributed by atoms with Crippen molar-refractivity contribution in [2.45, 2.75) is 31.5 Å². The molecule has 1 aliphatic rings. The molecule has 1 aliphatic heterocycles. The summed E-state index contributed by atoms with van der Waals surface area (Å²) in [6, 6.07) is 0. The largest absolute Gasteiger partial charge is 0.463 e. The molecule has 1 saturated heterocycles. The highest BCUT2D eigenvalue weighted by Gasteiger charge is 2.30. The van der Waals surface area contributed by atoms with Crippen LogP contribution in [0.15, 0.2) is 12.7 Å². The Bertz CT molecular complexity index is 471. The Balaban J connectivity index is 2.13. The molecule has 0 spiro atoms. The van der Waals surface area contributed by atoms with E-state index in [4.69, 9.17) is 9.47 Å². The highest BCUT2D eigenvalue weighted by molar-refractivity contribution is 5.82. The molecule has 1 rings (SSSR count). The summed E-state index contributed by atoms with van der Waals surface area (Å²) in [6.45, 7) is 2.66. The van der Waals surface area contributed by atoms with Gasteiger partial charge in [-0.3, -0.25) is 9.59 Å². The molecule has 9 heteroatoms. The van der Waals surface area contributed by atoms with Gasteiger partial charge in [0.15, 0.2) is 0 Å².